The molecule has 9 heteroatoms. The number of rotatable bonds is 6. The van der Waals surface area contributed by atoms with Gasteiger partial charge in [0.05, 0.1) is 6.04 Å². The maximum Gasteiger partial charge on any atom is 0.330 e. The second-order valence-corrected chi connectivity index (χ2v) is 5.07. The van der Waals surface area contributed by atoms with Crippen LogP contribution < -0.4 is 10.6 Å². The lowest BCUT2D eigenvalue weighted by Gasteiger charge is -2.22. The fraction of sp³-hybridized carbons (Fsp3) is 0.692. The number of carbonyl (C=O) groups excluding carboxylic acids is 3. The molecule has 3 N–H and O–H groups in total. The van der Waals surface area contributed by atoms with Crippen molar-refractivity contribution in [2.45, 2.75) is 51.5 Å². The molecule has 1 heterocycles. The Labute approximate surface area is 127 Å². The highest BCUT2D eigenvalue weighted by Crippen LogP contribution is 2.11. The average Bonchev–Trinajstić information content (AvgIpc) is 2.81. The van der Waals surface area contributed by atoms with E-state index in [4.69, 9.17) is 14.6 Å². The van der Waals surface area contributed by atoms with Crippen molar-refractivity contribution in [3.8, 4) is 0 Å². The molecule has 0 saturated carbocycles. The molecule has 0 bridgehead atoms. The molecule has 124 valence electrons. The summed E-state index contributed by atoms with van der Waals surface area (Å²) in [6, 6.07) is -2.03. The van der Waals surface area contributed by atoms with E-state index in [1.807, 2.05) is 0 Å². The number of hydrogen-bond acceptors (Lipinski definition) is 7. The zero-order valence-electron chi connectivity index (χ0n) is 12.6. The van der Waals surface area contributed by atoms with Gasteiger partial charge in [-0.1, -0.05) is 0 Å². The Balaban J connectivity index is 2.59. The summed E-state index contributed by atoms with van der Waals surface area (Å²) in [5, 5.41) is 14.3. The lowest BCUT2D eigenvalue weighted by Crippen LogP contribution is -2.53. The van der Waals surface area contributed by atoms with Gasteiger partial charge in [0.2, 0.25) is 5.91 Å². The largest absolute Gasteiger partial charge is 0.480 e. The molecule has 0 aliphatic carbocycles. The standard InChI is InChI=1S/C13H20N2O7/c1-6(21-7(2)16)11(13(19)20)15-12(18)10-4-9(5-14-10)22-8(3)17/h6,9-11,14H,4-5H2,1-3H3,(H,15,18)(H,19,20)/t6-,9+,10+,11+/m1/s1. The van der Waals surface area contributed by atoms with E-state index in [9.17, 15) is 19.2 Å². The normalized spacial score (nSPS) is 23.2. The molecule has 22 heavy (non-hydrogen) atoms. The van der Waals surface area contributed by atoms with Gasteiger partial charge in [0.15, 0.2) is 6.04 Å². The van der Waals surface area contributed by atoms with Gasteiger partial charge in [0.1, 0.15) is 12.2 Å². The molecule has 1 saturated heterocycles. The SMILES string of the molecule is CC(=O)O[C@@H]1CN[C@H](C(=O)N[C@H](C(=O)O)[C@@H](C)OC(C)=O)C1. The molecule has 1 aliphatic rings. The fourth-order valence-corrected chi connectivity index (χ4v) is 2.19. The molecule has 1 amide bonds. The first-order valence-corrected chi connectivity index (χ1v) is 6.81. The minimum atomic E-state index is -1.36. The number of carboxylic acids is 1. The Bertz CT molecular complexity index is 465. The Morgan fingerprint density at radius 2 is 1.86 bits per heavy atom. The second-order valence-electron chi connectivity index (χ2n) is 5.07. The van der Waals surface area contributed by atoms with Gasteiger partial charge in [-0.25, -0.2) is 4.79 Å². The zero-order valence-corrected chi connectivity index (χ0v) is 12.6. The van der Waals surface area contributed by atoms with Crippen LogP contribution in [0.2, 0.25) is 0 Å². The fourth-order valence-electron chi connectivity index (χ4n) is 2.19. The number of carbonyl (C=O) groups is 4. The van der Waals surface area contributed by atoms with Gasteiger partial charge >= 0.3 is 17.9 Å². The predicted octanol–water partition coefficient (Wildman–Crippen LogP) is -1.20. The summed E-state index contributed by atoms with van der Waals surface area (Å²) in [6.07, 6.45) is -1.19. The number of nitrogens with one attached hydrogen (secondary N) is 2. The molecule has 1 rings (SSSR count). The number of aliphatic carboxylic acids is 1. The Kier molecular flexibility index (Phi) is 6.29. The van der Waals surface area contributed by atoms with E-state index in [1.54, 1.807) is 0 Å². The van der Waals surface area contributed by atoms with Gasteiger partial charge in [0.25, 0.3) is 0 Å². The van der Waals surface area contributed by atoms with E-state index in [0.717, 1.165) is 6.92 Å². The number of ether oxygens (including phenoxy) is 2. The Hall–Kier alpha value is -2.16. The summed E-state index contributed by atoms with van der Waals surface area (Å²) in [4.78, 5) is 45.0. The van der Waals surface area contributed by atoms with Gasteiger partial charge in [-0.05, 0) is 6.92 Å². The summed E-state index contributed by atoms with van der Waals surface area (Å²) >= 11 is 0. The first-order valence-electron chi connectivity index (χ1n) is 6.81. The van der Waals surface area contributed by atoms with Crippen molar-refractivity contribution in [2.75, 3.05) is 6.54 Å². The lowest BCUT2D eigenvalue weighted by atomic mass is 10.1. The van der Waals surface area contributed by atoms with Crippen molar-refractivity contribution in [2.24, 2.45) is 0 Å². The molecule has 4 atom stereocenters. The van der Waals surface area contributed by atoms with Crippen LogP contribution in [0.5, 0.6) is 0 Å². The molecule has 0 radical (unpaired) electrons. The number of hydrogen-bond donors (Lipinski definition) is 3. The van der Waals surface area contributed by atoms with Crippen LogP contribution in [0.3, 0.4) is 0 Å². The van der Waals surface area contributed by atoms with E-state index >= 15 is 0 Å². The average molecular weight is 316 g/mol. The molecule has 9 nitrogen and oxygen atoms in total. The minimum absolute atomic E-state index is 0.250. The third-order valence-corrected chi connectivity index (χ3v) is 3.12. The summed E-state index contributed by atoms with van der Waals surface area (Å²) in [5.41, 5.74) is 0. The van der Waals surface area contributed by atoms with Crippen LogP contribution in [0.25, 0.3) is 0 Å². The molecular formula is C13H20N2O7. The molecule has 0 aromatic carbocycles. The van der Waals surface area contributed by atoms with Crippen molar-refractivity contribution < 1.29 is 33.8 Å². The zero-order chi connectivity index (χ0) is 16.9. The molecule has 0 spiro atoms. The number of carboxylic acid groups (broad SMARTS) is 1. The second kappa shape index (κ2) is 7.74. The Morgan fingerprint density at radius 3 is 2.36 bits per heavy atom. The third kappa shape index (κ3) is 5.32. The minimum Gasteiger partial charge on any atom is -0.480 e. The first-order chi connectivity index (χ1) is 10.2. The van der Waals surface area contributed by atoms with Crippen molar-refractivity contribution in [3.63, 3.8) is 0 Å². The maximum absolute atomic E-state index is 12.1. The number of esters is 2. The van der Waals surface area contributed by atoms with Crippen molar-refractivity contribution in [1.29, 1.82) is 0 Å². The topological polar surface area (TPSA) is 131 Å². The summed E-state index contributed by atoms with van der Waals surface area (Å²) in [7, 11) is 0. The van der Waals surface area contributed by atoms with E-state index in [1.165, 1.54) is 13.8 Å². The molecule has 1 aliphatic heterocycles. The maximum atomic E-state index is 12.1. The van der Waals surface area contributed by atoms with E-state index < -0.39 is 48.1 Å². The van der Waals surface area contributed by atoms with Crippen LogP contribution >= 0.6 is 0 Å². The summed E-state index contributed by atoms with van der Waals surface area (Å²) < 4.78 is 9.76. The van der Waals surface area contributed by atoms with Crippen LogP contribution in [0.1, 0.15) is 27.2 Å². The highest BCUT2D eigenvalue weighted by atomic mass is 16.5. The van der Waals surface area contributed by atoms with Crippen molar-refractivity contribution in [3.05, 3.63) is 0 Å². The lowest BCUT2D eigenvalue weighted by molar-refractivity contribution is -0.154. The molecular weight excluding hydrogens is 296 g/mol. The van der Waals surface area contributed by atoms with Crippen LogP contribution in [-0.2, 0) is 28.7 Å². The van der Waals surface area contributed by atoms with Gasteiger partial charge in [0, 0.05) is 26.8 Å². The van der Waals surface area contributed by atoms with Gasteiger partial charge in [-0.3, -0.25) is 14.4 Å². The smallest absolute Gasteiger partial charge is 0.330 e. The van der Waals surface area contributed by atoms with Crippen LogP contribution in [0.15, 0.2) is 0 Å². The van der Waals surface area contributed by atoms with Gasteiger partial charge in [-0.15, -0.1) is 0 Å². The number of amides is 1. The molecule has 0 unspecified atom stereocenters. The van der Waals surface area contributed by atoms with Crippen LogP contribution in [0, 0.1) is 0 Å². The highest BCUT2D eigenvalue weighted by molar-refractivity contribution is 5.87. The van der Waals surface area contributed by atoms with E-state index in [-0.39, 0.29) is 6.42 Å². The van der Waals surface area contributed by atoms with E-state index in [2.05, 4.69) is 10.6 Å². The Morgan fingerprint density at radius 1 is 1.23 bits per heavy atom. The first kappa shape index (κ1) is 17.9. The molecule has 0 aromatic rings. The third-order valence-electron chi connectivity index (χ3n) is 3.12. The molecule has 1 fully saturated rings. The van der Waals surface area contributed by atoms with Crippen LogP contribution in [-0.4, -0.2) is 59.8 Å². The monoisotopic (exact) mass is 316 g/mol. The summed E-state index contributed by atoms with van der Waals surface area (Å²) in [6.45, 7) is 4.12. The van der Waals surface area contributed by atoms with Gasteiger partial charge in [-0.2, -0.15) is 0 Å². The van der Waals surface area contributed by atoms with E-state index in [0.29, 0.717) is 6.54 Å². The summed E-state index contributed by atoms with van der Waals surface area (Å²) in [5.74, 6) is -2.95. The quantitative estimate of drug-likeness (QED) is 0.521. The molecule has 0 aromatic heterocycles. The van der Waals surface area contributed by atoms with Gasteiger partial charge < -0.3 is 25.2 Å². The van der Waals surface area contributed by atoms with Crippen LogP contribution in [0.4, 0.5) is 0 Å². The van der Waals surface area contributed by atoms with Crippen molar-refractivity contribution >= 4 is 23.8 Å². The highest BCUT2D eigenvalue weighted by Gasteiger charge is 2.35. The van der Waals surface area contributed by atoms with Crippen molar-refractivity contribution in [1.82, 2.24) is 10.6 Å². The predicted molar refractivity (Wildman–Crippen MR) is 72.8 cm³/mol.